The maximum absolute atomic E-state index is 12.2. The lowest BCUT2D eigenvalue weighted by molar-refractivity contribution is -0.0111. The minimum atomic E-state index is -0.111. The average Bonchev–Trinajstić information content (AvgIpc) is 2.28. The zero-order valence-electron chi connectivity index (χ0n) is 10.5. The molecular formula is C13H17ClN2O2. The van der Waals surface area contributed by atoms with Crippen LogP contribution in [0.5, 0.6) is 0 Å². The Morgan fingerprint density at radius 3 is 2.67 bits per heavy atom. The molecule has 0 saturated carbocycles. The highest BCUT2D eigenvalue weighted by molar-refractivity contribution is 6.30. The van der Waals surface area contributed by atoms with Crippen molar-refractivity contribution in [2.45, 2.75) is 25.9 Å². The van der Waals surface area contributed by atoms with Gasteiger partial charge in [-0.2, -0.15) is 0 Å². The Morgan fingerprint density at radius 1 is 1.39 bits per heavy atom. The Balaban J connectivity index is 2.07. The molecule has 0 bridgehead atoms. The van der Waals surface area contributed by atoms with Crippen molar-refractivity contribution in [3.8, 4) is 0 Å². The largest absolute Gasteiger partial charge is 0.377 e. The van der Waals surface area contributed by atoms with E-state index in [1.807, 2.05) is 30.9 Å². The minimum absolute atomic E-state index is 0.0768. The zero-order chi connectivity index (χ0) is 13.1. The third-order valence-electron chi connectivity index (χ3n) is 2.98. The van der Waals surface area contributed by atoms with Crippen LogP contribution in [-0.4, -0.2) is 36.2 Å². The summed E-state index contributed by atoms with van der Waals surface area (Å²) in [4.78, 5) is 14.0. The van der Waals surface area contributed by atoms with Crippen molar-refractivity contribution >= 4 is 23.3 Å². The van der Waals surface area contributed by atoms with Gasteiger partial charge >= 0.3 is 6.03 Å². The molecule has 2 rings (SSSR count). The van der Waals surface area contributed by atoms with E-state index in [0.29, 0.717) is 23.9 Å². The topological polar surface area (TPSA) is 41.6 Å². The Kier molecular flexibility index (Phi) is 4.09. The first-order valence-corrected chi connectivity index (χ1v) is 6.38. The summed E-state index contributed by atoms with van der Waals surface area (Å²) in [5, 5.41) is 3.47. The van der Waals surface area contributed by atoms with Crippen LogP contribution in [0.25, 0.3) is 0 Å². The van der Waals surface area contributed by atoms with Crippen LogP contribution in [0.2, 0.25) is 5.02 Å². The van der Waals surface area contributed by atoms with Crippen LogP contribution in [0.4, 0.5) is 10.5 Å². The van der Waals surface area contributed by atoms with E-state index in [-0.39, 0.29) is 18.1 Å². The Labute approximate surface area is 112 Å². The molecule has 1 aromatic rings. The van der Waals surface area contributed by atoms with Gasteiger partial charge in [0, 0.05) is 10.7 Å². The Morgan fingerprint density at radius 2 is 2.06 bits per heavy atom. The number of ether oxygens (including phenoxy) is 1. The quantitative estimate of drug-likeness (QED) is 0.851. The van der Waals surface area contributed by atoms with Gasteiger partial charge in [0.25, 0.3) is 0 Å². The number of anilines is 1. The summed E-state index contributed by atoms with van der Waals surface area (Å²) in [5.41, 5.74) is 0.707. The Bertz CT molecular complexity index is 429. The lowest BCUT2D eigenvalue weighted by Crippen LogP contribution is -2.53. The zero-order valence-corrected chi connectivity index (χ0v) is 11.3. The van der Waals surface area contributed by atoms with E-state index in [1.54, 1.807) is 12.1 Å². The number of urea groups is 1. The first-order chi connectivity index (χ1) is 8.58. The molecule has 1 heterocycles. The Hall–Kier alpha value is -1.26. The number of amides is 2. The summed E-state index contributed by atoms with van der Waals surface area (Å²) < 4.78 is 5.40. The molecule has 4 nitrogen and oxygen atoms in total. The molecule has 1 aromatic carbocycles. The molecule has 1 saturated heterocycles. The van der Waals surface area contributed by atoms with Gasteiger partial charge in [0.1, 0.15) is 0 Å². The van der Waals surface area contributed by atoms with E-state index < -0.39 is 0 Å². The van der Waals surface area contributed by atoms with Crippen LogP contribution in [0.1, 0.15) is 13.8 Å². The van der Waals surface area contributed by atoms with Crippen LogP contribution >= 0.6 is 11.6 Å². The van der Waals surface area contributed by atoms with Gasteiger partial charge in [-0.3, -0.25) is 0 Å². The minimum Gasteiger partial charge on any atom is -0.377 e. The SMILES string of the molecule is CC1COCC(C)N1C(=O)Nc1cccc(Cl)c1. The molecule has 5 heteroatoms. The summed E-state index contributed by atoms with van der Waals surface area (Å²) in [6, 6.07) is 7.18. The second kappa shape index (κ2) is 5.59. The van der Waals surface area contributed by atoms with Crippen molar-refractivity contribution in [2.24, 2.45) is 0 Å². The van der Waals surface area contributed by atoms with Crippen LogP contribution in [0.15, 0.2) is 24.3 Å². The van der Waals surface area contributed by atoms with Gasteiger partial charge in [0.15, 0.2) is 0 Å². The number of nitrogens with one attached hydrogen (secondary N) is 1. The molecule has 1 aliphatic rings. The molecule has 1 fully saturated rings. The van der Waals surface area contributed by atoms with Gasteiger partial charge in [0.2, 0.25) is 0 Å². The summed E-state index contributed by atoms with van der Waals surface area (Å²) in [5.74, 6) is 0. The van der Waals surface area contributed by atoms with Gasteiger partial charge in [0.05, 0.1) is 25.3 Å². The van der Waals surface area contributed by atoms with Crippen LogP contribution in [0.3, 0.4) is 0 Å². The maximum atomic E-state index is 12.2. The molecule has 98 valence electrons. The normalized spacial score (nSPS) is 23.8. The second-order valence-corrected chi connectivity index (χ2v) is 5.02. The number of carbonyl (C=O) groups is 1. The third kappa shape index (κ3) is 2.94. The number of rotatable bonds is 1. The predicted molar refractivity (Wildman–Crippen MR) is 72.1 cm³/mol. The molecule has 1 N–H and O–H groups in total. The molecule has 0 aliphatic carbocycles. The van der Waals surface area contributed by atoms with Gasteiger partial charge in [-0.1, -0.05) is 17.7 Å². The van der Waals surface area contributed by atoms with Crippen molar-refractivity contribution in [2.75, 3.05) is 18.5 Å². The van der Waals surface area contributed by atoms with E-state index in [9.17, 15) is 4.79 Å². The molecule has 0 spiro atoms. The highest BCUT2D eigenvalue weighted by Crippen LogP contribution is 2.18. The number of morpholine rings is 1. The fourth-order valence-corrected chi connectivity index (χ4v) is 2.35. The van der Waals surface area contributed by atoms with Crippen molar-refractivity contribution < 1.29 is 9.53 Å². The van der Waals surface area contributed by atoms with Crippen molar-refractivity contribution in [1.82, 2.24) is 4.90 Å². The van der Waals surface area contributed by atoms with E-state index >= 15 is 0 Å². The highest BCUT2D eigenvalue weighted by Gasteiger charge is 2.29. The molecule has 0 aromatic heterocycles. The van der Waals surface area contributed by atoms with E-state index in [1.165, 1.54) is 0 Å². The monoisotopic (exact) mass is 268 g/mol. The van der Waals surface area contributed by atoms with E-state index in [0.717, 1.165) is 0 Å². The first-order valence-electron chi connectivity index (χ1n) is 6.00. The molecule has 1 aliphatic heterocycles. The smallest absolute Gasteiger partial charge is 0.322 e. The van der Waals surface area contributed by atoms with Crippen LogP contribution in [-0.2, 0) is 4.74 Å². The fraction of sp³-hybridized carbons (Fsp3) is 0.462. The molecule has 2 unspecified atom stereocenters. The standard InChI is InChI=1S/C13H17ClN2O2/c1-9-7-18-8-10(2)16(9)13(17)15-12-5-3-4-11(14)6-12/h3-6,9-10H,7-8H2,1-2H3,(H,15,17). The van der Waals surface area contributed by atoms with E-state index in [4.69, 9.17) is 16.3 Å². The van der Waals surface area contributed by atoms with Crippen molar-refractivity contribution in [1.29, 1.82) is 0 Å². The molecule has 0 radical (unpaired) electrons. The maximum Gasteiger partial charge on any atom is 0.322 e. The first kappa shape index (κ1) is 13.2. The molecule has 2 atom stereocenters. The van der Waals surface area contributed by atoms with E-state index in [2.05, 4.69) is 5.32 Å². The van der Waals surface area contributed by atoms with Crippen molar-refractivity contribution in [3.05, 3.63) is 29.3 Å². The number of hydrogen-bond acceptors (Lipinski definition) is 2. The second-order valence-electron chi connectivity index (χ2n) is 4.58. The van der Waals surface area contributed by atoms with Crippen LogP contribution in [0, 0.1) is 0 Å². The number of carbonyl (C=O) groups excluding carboxylic acids is 1. The number of hydrogen-bond donors (Lipinski definition) is 1. The molecule has 2 amide bonds. The summed E-state index contributed by atoms with van der Waals surface area (Å²) >= 11 is 5.89. The third-order valence-corrected chi connectivity index (χ3v) is 3.21. The molecule has 18 heavy (non-hydrogen) atoms. The fourth-order valence-electron chi connectivity index (χ4n) is 2.16. The predicted octanol–water partition coefficient (Wildman–Crippen LogP) is 2.98. The molecular weight excluding hydrogens is 252 g/mol. The van der Waals surface area contributed by atoms with Gasteiger partial charge < -0.3 is 15.0 Å². The lowest BCUT2D eigenvalue weighted by atomic mass is 10.2. The number of halogens is 1. The lowest BCUT2D eigenvalue weighted by Gasteiger charge is -2.38. The summed E-state index contributed by atoms with van der Waals surface area (Å²) in [6.07, 6.45) is 0. The summed E-state index contributed by atoms with van der Waals surface area (Å²) in [7, 11) is 0. The number of nitrogens with zero attached hydrogens (tertiary/aromatic N) is 1. The van der Waals surface area contributed by atoms with Crippen LogP contribution < -0.4 is 5.32 Å². The van der Waals surface area contributed by atoms with Gasteiger partial charge in [-0.15, -0.1) is 0 Å². The summed E-state index contributed by atoms with van der Waals surface area (Å²) in [6.45, 7) is 5.11. The highest BCUT2D eigenvalue weighted by atomic mass is 35.5. The average molecular weight is 269 g/mol. The van der Waals surface area contributed by atoms with Gasteiger partial charge in [-0.05, 0) is 32.0 Å². The number of benzene rings is 1. The van der Waals surface area contributed by atoms with Gasteiger partial charge in [-0.25, -0.2) is 4.79 Å². The van der Waals surface area contributed by atoms with Crippen molar-refractivity contribution in [3.63, 3.8) is 0 Å².